The molecule has 0 unspecified atom stereocenters. The summed E-state index contributed by atoms with van der Waals surface area (Å²) < 4.78 is 5.39. The molecule has 3 aromatic rings. The number of ether oxygens (including phenoxy) is 1. The Bertz CT molecular complexity index is 1010. The van der Waals surface area contributed by atoms with Crippen molar-refractivity contribution in [2.45, 2.75) is 6.92 Å². The van der Waals surface area contributed by atoms with Gasteiger partial charge in [-0.2, -0.15) is 0 Å². The number of phenols is 1. The van der Waals surface area contributed by atoms with E-state index in [1.54, 1.807) is 18.2 Å². The number of carbonyl (C=O) groups excluding carboxylic acids is 1. The third kappa shape index (κ3) is 4.12. The Labute approximate surface area is 162 Å². The number of phenolic OH excluding ortho intramolecular Hbond substituents is 1. The molecule has 0 aliphatic rings. The molecule has 0 saturated carbocycles. The normalized spacial score (nSPS) is 10.3. The van der Waals surface area contributed by atoms with Crippen LogP contribution in [0.3, 0.4) is 0 Å². The first-order valence-corrected chi connectivity index (χ1v) is 8.69. The highest BCUT2D eigenvalue weighted by Crippen LogP contribution is 2.28. The average molecular weight is 377 g/mol. The molecule has 0 heterocycles. The van der Waals surface area contributed by atoms with E-state index >= 15 is 0 Å². The zero-order valence-corrected chi connectivity index (χ0v) is 15.2. The van der Waals surface area contributed by atoms with Gasteiger partial charge < -0.3 is 20.3 Å². The van der Waals surface area contributed by atoms with Gasteiger partial charge in [-0.05, 0) is 49.4 Å². The highest BCUT2D eigenvalue weighted by atomic mass is 16.5. The number of carbonyl (C=O) groups is 2. The summed E-state index contributed by atoms with van der Waals surface area (Å²) in [5.41, 5.74) is 1.33. The van der Waals surface area contributed by atoms with Crippen molar-refractivity contribution in [3.05, 3.63) is 83.4 Å². The monoisotopic (exact) mass is 377 g/mol. The molecular formula is C22H19NO5. The van der Waals surface area contributed by atoms with Crippen LogP contribution < -0.4 is 10.1 Å². The zero-order chi connectivity index (χ0) is 20.1. The Morgan fingerprint density at radius 1 is 0.893 bits per heavy atom. The lowest BCUT2D eigenvalue weighted by molar-refractivity contribution is 0.0692. The molecule has 3 aromatic carbocycles. The first-order valence-electron chi connectivity index (χ1n) is 8.69. The molecule has 28 heavy (non-hydrogen) atoms. The lowest BCUT2D eigenvalue weighted by atomic mass is 9.97. The number of ketones is 1. The Balaban J connectivity index is 1.82. The van der Waals surface area contributed by atoms with Crippen LogP contribution in [0.25, 0.3) is 0 Å². The van der Waals surface area contributed by atoms with Crippen molar-refractivity contribution in [2.24, 2.45) is 0 Å². The van der Waals surface area contributed by atoms with E-state index in [2.05, 4.69) is 5.32 Å². The fourth-order valence-corrected chi connectivity index (χ4v) is 2.78. The molecule has 0 spiro atoms. The van der Waals surface area contributed by atoms with Gasteiger partial charge in [0.05, 0.1) is 17.7 Å². The Hall–Kier alpha value is -3.80. The first-order chi connectivity index (χ1) is 13.5. The van der Waals surface area contributed by atoms with Crippen LogP contribution in [0.2, 0.25) is 0 Å². The summed E-state index contributed by atoms with van der Waals surface area (Å²) >= 11 is 0. The standard InChI is InChI=1S/C22H19NO5/c1-2-28-16-10-7-14(8-11-16)23-15-9-12-19(20(24)13-15)21(25)17-5-3-4-6-18(17)22(26)27/h3-13,23-24H,2H2,1H3,(H,26,27). The van der Waals surface area contributed by atoms with Crippen molar-refractivity contribution in [3.63, 3.8) is 0 Å². The third-order valence-electron chi connectivity index (χ3n) is 4.10. The quantitative estimate of drug-likeness (QED) is 0.526. The molecule has 142 valence electrons. The molecular weight excluding hydrogens is 358 g/mol. The van der Waals surface area contributed by atoms with E-state index in [1.807, 2.05) is 31.2 Å². The van der Waals surface area contributed by atoms with Gasteiger partial charge in [0.15, 0.2) is 5.78 Å². The fraction of sp³-hybridized carbons (Fsp3) is 0.0909. The minimum Gasteiger partial charge on any atom is -0.507 e. The van der Waals surface area contributed by atoms with E-state index < -0.39 is 11.8 Å². The summed E-state index contributed by atoms with van der Waals surface area (Å²) in [5.74, 6) is -1.23. The molecule has 3 N–H and O–H groups in total. The van der Waals surface area contributed by atoms with Crippen molar-refractivity contribution in [2.75, 3.05) is 11.9 Å². The molecule has 0 bridgehead atoms. The van der Waals surface area contributed by atoms with Gasteiger partial charge in [0.1, 0.15) is 11.5 Å². The van der Waals surface area contributed by atoms with Crippen LogP contribution in [-0.2, 0) is 0 Å². The largest absolute Gasteiger partial charge is 0.507 e. The molecule has 0 saturated heterocycles. The second kappa shape index (κ2) is 8.26. The van der Waals surface area contributed by atoms with Gasteiger partial charge >= 0.3 is 5.97 Å². The maximum Gasteiger partial charge on any atom is 0.336 e. The fourth-order valence-electron chi connectivity index (χ4n) is 2.78. The van der Waals surface area contributed by atoms with E-state index in [0.717, 1.165) is 11.4 Å². The van der Waals surface area contributed by atoms with Crippen molar-refractivity contribution >= 4 is 23.1 Å². The number of nitrogens with one attached hydrogen (secondary N) is 1. The van der Waals surface area contributed by atoms with Gasteiger partial charge in [-0.15, -0.1) is 0 Å². The number of carboxylic acids is 1. The van der Waals surface area contributed by atoms with Crippen molar-refractivity contribution in [1.29, 1.82) is 0 Å². The predicted octanol–water partition coefficient (Wildman–Crippen LogP) is 4.46. The number of hydrogen-bond acceptors (Lipinski definition) is 5. The van der Waals surface area contributed by atoms with Crippen LogP contribution in [0.1, 0.15) is 33.2 Å². The van der Waals surface area contributed by atoms with Crippen molar-refractivity contribution < 1.29 is 24.5 Å². The predicted molar refractivity (Wildman–Crippen MR) is 106 cm³/mol. The average Bonchev–Trinajstić information content (AvgIpc) is 2.69. The maximum absolute atomic E-state index is 12.7. The lowest BCUT2D eigenvalue weighted by Gasteiger charge is -2.11. The number of anilines is 2. The highest BCUT2D eigenvalue weighted by Gasteiger charge is 2.20. The summed E-state index contributed by atoms with van der Waals surface area (Å²) in [6.07, 6.45) is 0. The summed E-state index contributed by atoms with van der Waals surface area (Å²) in [6, 6.07) is 17.8. The summed E-state index contributed by atoms with van der Waals surface area (Å²) in [6.45, 7) is 2.49. The van der Waals surface area contributed by atoms with Crippen LogP contribution in [0.4, 0.5) is 11.4 Å². The third-order valence-corrected chi connectivity index (χ3v) is 4.10. The molecule has 0 fully saturated rings. The number of carboxylic acid groups (broad SMARTS) is 1. The Morgan fingerprint density at radius 2 is 1.54 bits per heavy atom. The molecule has 0 radical (unpaired) electrons. The molecule has 6 heteroatoms. The van der Waals surface area contributed by atoms with Gasteiger partial charge in [-0.1, -0.05) is 18.2 Å². The van der Waals surface area contributed by atoms with Crippen LogP contribution in [-0.4, -0.2) is 28.6 Å². The molecule has 0 amide bonds. The van der Waals surface area contributed by atoms with Gasteiger partial charge in [-0.25, -0.2) is 4.79 Å². The number of aromatic hydroxyl groups is 1. The smallest absolute Gasteiger partial charge is 0.336 e. The zero-order valence-electron chi connectivity index (χ0n) is 15.2. The molecule has 0 atom stereocenters. The SMILES string of the molecule is CCOc1ccc(Nc2ccc(C(=O)c3ccccc3C(=O)O)c(O)c2)cc1. The van der Waals surface area contributed by atoms with E-state index in [0.29, 0.717) is 12.3 Å². The molecule has 6 nitrogen and oxygen atoms in total. The lowest BCUT2D eigenvalue weighted by Crippen LogP contribution is -2.09. The summed E-state index contributed by atoms with van der Waals surface area (Å²) in [7, 11) is 0. The Morgan fingerprint density at radius 3 is 2.14 bits per heavy atom. The number of aromatic carboxylic acids is 1. The van der Waals surface area contributed by atoms with E-state index in [4.69, 9.17) is 4.74 Å². The Kier molecular flexibility index (Phi) is 5.60. The van der Waals surface area contributed by atoms with Gasteiger partial charge in [-0.3, -0.25) is 4.79 Å². The van der Waals surface area contributed by atoms with Crippen LogP contribution >= 0.6 is 0 Å². The van der Waals surface area contributed by atoms with E-state index in [-0.39, 0.29) is 22.4 Å². The van der Waals surface area contributed by atoms with Gasteiger partial charge in [0.2, 0.25) is 0 Å². The highest BCUT2D eigenvalue weighted by molar-refractivity contribution is 6.15. The van der Waals surface area contributed by atoms with Crippen molar-refractivity contribution in [3.8, 4) is 11.5 Å². The maximum atomic E-state index is 12.7. The number of rotatable bonds is 7. The number of hydrogen-bond donors (Lipinski definition) is 3. The second-order valence-corrected chi connectivity index (χ2v) is 5.99. The summed E-state index contributed by atoms with van der Waals surface area (Å²) in [5, 5.41) is 22.7. The molecule has 0 aliphatic heterocycles. The molecule has 0 aromatic heterocycles. The van der Waals surface area contributed by atoms with Crippen LogP contribution in [0.5, 0.6) is 11.5 Å². The van der Waals surface area contributed by atoms with Crippen LogP contribution in [0, 0.1) is 0 Å². The minimum atomic E-state index is -1.20. The number of benzene rings is 3. The minimum absolute atomic E-state index is 0.0255. The molecule has 3 rings (SSSR count). The van der Waals surface area contributed by atoms with Crippen LogP contribution in [0.15, 0.2) is 66.7 Å². The van der Waals surface area contributed by atoms with Crippen molar-refractivity contribution in [1.82, 2.24) is 0 Å². The van der Waals surface area contributed by atoms with Gasteiger partial charge in [0.25, 0.3) is 0 Å². The summed E-state index contributed by atoms with van der Waals surface area (Å²) in [4.78, 5) is 24.0. The van der Waals surface area contributed by atoms with E-state index in [1.165, 1.54) is 24.3 Å². The van der Waals surface area contributed by atoms with E-state index in [9.17, 15) is 19.8 Å². The van der Waals surface area contributed by atoms with Gasteiger partial charge in [0, 0.05) is 23.0 Å². The molecule has 0 aliphatic carbocycles. The topological polar surface area (TPSA) is 95.9 Å². The second-order valence-electron chi connectivity index (χ2n) is 5.99. The first kappa shape index (κ1) is 19.0.